The average molecular weight is 275 g/mol. The first-order valence-electron chi connectivity index (χ1n) is 8.03. The Morgan fingerprint density at radius 3 is 2.45 bits per heavy atom. The lowest BCUT2D eigenvalue weighted by Gasteiger charge is -2.46. The van der Waals surface area contributed by atoms with Crippen molar-refractivity contribution in [3.05, 3.63) is 29.3 Å². The Hall–Kier alpha value is -1.02. The quantitative estimate of drug-likeness (QED) is 0.877. The number of benzene rings is 1. The normalized spacial score (nSPS) is 20.9. The fourth-order valence-corrected chi connectivity index (χ4v) is 3.72. The Labute approximate surface area is 123 Å². The number of aromatic hydroxyl groups is 1. The summed E-state index contributed by atoms with van der Waals surface area (Å²) < 4.78 is 0. The van der Waals surface area contributed by atoms with Gasteiger partial charge in [0.15, 0.2) is 0 Å². The van der Waals surface area contributed by atoms with Gasteiger partial charge in [0.1, 0.15) is 5.75 Å². The number of nitrogens with zero attached hydrogens (tertiary/aromatic N) is 1. The molecule has 112 valence electrons. The highest BCUT2D eigenvalue weighted by Gasteiger charge is 2.38. The van der Waals surface area contributed by atoms with Gasteiger partial charge in [-0.05, 0) is 61.4 Å². The van der Waals surface area contributed by atoms with Crippen LogP contribution in [0.15, 0.2) is 18.2 Å². The summed E-state index contributed by atoms with van der Waals surface area (Å²) in [7, 11) is 0. The van der Waals surface area contributed by atoms with Gasteiger partial charge in [-0.3, -0.25) is 4.90 Å². The number of hydrogen-bond acceptors (Lipinski definition) is 2. The summed E-state index contributed by atoms with van der Waals surface area (Å²) in [5, 5.41) is 10.2. The third-order valence-corrected chi connectivity index (χ3v) is 4.66. The first kappa shape index (κ1) is 15.4. The number of fused-ring (bicyclic) bond motifs is 1. The van der Waals surface area contributed by atoms with E-state index >= 15 is 0 Å². The number of hydrogen-bond donors (Lipinski definition) is 1. The van der Waals surface area contributed by atoms with E-state index in [-0.39, 0.29) is 5.41 Å². The van der Waals surface area contributed by atoms with E-state index in [2.05, 4.69) is 38.7 Å². The summed E-state index contributed by atoms with van der Waals surface area (Å²) in [4.78, 5) is 2.63. The van der Waals surface area contributed by atoms with Crippen molar-refractivity contribution in [2.24, 2.45) is 5.41 Å². The Balaban J connectivity index is 2.31. The van der Waals surface area contributed by atoms with Crippen LogP contribution in [0.2, 0.25) is 0 Å². The zero-order valence-electron chi connectivity index (χ0n) is 13.4. The second-order valence-corrected chi connectivity index (χ2v) is 6.84. The van der Waals surface area contributed by atoms with Gasteiger partial charge in [-0.15, -0.1) is 0 Å². The minimum absolute atomic E-state index is 0.269. The molecule has 1 aliphatic rings. The fraction of sp³-hybridized carbons (Fsp3) is 0.667. The van der Waals surface area contributed by atoms with Crippen LogP contribution in [0.3, 0.4) is 0 Å². The van der Waals surface area contributed by atoms with E-state index in [0.29, 0.717) is 11.8 Å². The van der Waals surface area contributed by atoms with Crippen molar-refractivity contribution in [3.8, 4) is 5.75 Å². The maximum atomic E-state index is 10.2. The minimum Gasteiger partial charge on any atom is -0.508 e. The lowest BCUT2D eigenvalue weighted by Crippen LogP contribution is -2.50. The van der Waals surface area contributed by atoms with E-state index in [9.17, 15) is 5.11 Å². The fourth-order valence-electron chi connectivity index (χ4n) is 3.72. The van der Waals surface area contributed by atoms with Crippen molar-refractivity contribution in [2.75, 3.05) is 13.1 Å². The van der Waals surface area contributed by atoms with E-state index in [4.69, 9.17) is 0 Å². The van der Waals surface area contributed by atoms with Gasteiger partial charge >= 0.3 is 0 Å². The van der Waals surface area contributed by atoms with Gasteiger partial charge in [-0.25, -0.2) is 0 Å². The molecule has 1 N–H and O–H groups in total. The monoisotopic (exact) mass is 275 g/mol. The van der Waals surface area contributed by atoms with Gasteiger partial charge < -0.3 is 5.11 Å². The van der Waals surface area contributed by atoms with E-state index in [0.717, 1.165) is 25.9 Å². The van der Waals surface area contributed by atoms with E-state index in [1.54, 1.807) is 0 Å². The van der Waals surface area contributed by atoms with Gasteiger partial charge in [-0.2, -0.15) is 0 Å². The van der Waals surface area contributed by atoms with Crippen molar-refractivity contribution in [3.63, 3.8) is 0 Å². The number of phenolic OH excluding ortho intramolecular Hbond substituents is 1. The van der Waals surface area contributed by atoms with Crippen molar-refractivity contribution < 1.29 is 5.11 Å². The predicted molar refractivity (Wildman–Crippen MR) is 85.2 cm³/mol. The third-order valence-electron chi connectivity index (χ3n) is 4.66. The van der Waals surface area contributed by atoms with Crippen molar-refractivity contribution in [2.45, 2.75) is 59.4 Å². The molecule has 1 aromatic carbocycles. The van der Waals surface area contributed by atoms with Crippen LogP contribution in [-0.4, -0.2) is 29.1 Å². The molecule has 0 heterocycles. The molecule has 2 rings (SSSR count). The number of rotatable bonds is 5. The third kappa shape index (κ3) is 3.01. The molecular weight excluding hydrogens is 246 g/mol. The minimum atomic E-state index is 0.269. The molecule has 0 saturated carbocycles. The Bertz CT molecular complexity index is 447. The molecule has 0 amide bonds. The van der Waals surface area contributed by atoms with Crippen molar-refractivity contribution >= 4 is 0 Å². The first-order chi connectivity index (χ1) is 9.49. The molecule has 0 fully saturated rings. The van der Waals surface area contributed by atoms with Gasteiger partial charge in [-0.1, -0.05) is 39.8 Å². The van der Waals surface area contributed by atoms with Crippen molar-refractivity contribution in [1.82, 2.24) is 4.90 Å². The Morgan fingerprint density at radius 2 is 1.85 bits per heavy atom. The van der Waals surface area contributed by atoms with Crippen LogP contribution in [0, 0.1) is 5.41 Å². The lowest BCUT2D eigenvalue weighted by atomic mass is 9.69. The van der Waals surface area contributed by atoms with Crippen LogP contribution in [0.5, 0.6) is 5.75 Å². The molecule has 0 unspecified atom stereocenters. The van der Waals surface area contributed by atoms with Gasteiger partial charge in [0, 0.05) is 6.04 Å². The van der Waals surface area contributed by atoms with Gasteiger partial charge in [0.2, 0.25) is 0 Å². The summed E-state index contributed by atoms with van der Waals surface area (Å²) >= 11 is 0. The first-order valence-corrected chi connectivity index (χ1v) is 8.03. The zero-order valence-corrected chi connectivity index (χ0v) is 13.4. The SMILES string of the molecule is CCCN(CCC)[C@@H]1Cc2c(O)cccc2CC1(C)C. The highest BCUT2D eigenvalue weighted by atomic mass is 16.3. The standard InChI is InChI=1S/C18H29NO/c1-5-10-19(11-6-2)17-12-15-14(13-18(17,3)4)8-7-9-16(15)20/h7-9,17,20H,5-6,10-13H2,1-4H3/t17-/m1/s1. The molecule has 2 heteroatoms. The van der Waals surface area contributed by atoms with Crippen LogP contribution in [0.4, 0.5) is 0 Å². The van der Waals surface area contributed by atoms with E-state index < -0.39 is 0 Å². The largest absolute Gasteiger partial charge is 0.508 e. The van der Waals surface area contributed by atoms with Gasteiger partial charge in [0.25, 0.3) is 0 Å². The highest BCUT2D eigenvalue weighted by Crippen LogP contribution is 2.40. The van der Waals surface area contributed by atoms with Crippen LogP contribution >= 0.6 is 0 Å². The topological polar surface area (TPSA) is 23.5 Å². The molecule has 0 spiro atoms. The molecule has 0 bridgehead atoms. The van der Waals surface area contributed by atoms with Gasteiger partial charge in [0.05, 0.1) is 0 Å². The lowest BCUT2D eigenvalue weighted by molar-refractivity contribution is 0.0770. The van der Waals surface area contributed by atoms with Crippen LogP contribution in [0.1, 0.15) is 51.7 Å². The zero-order chi connectivity index (χ0) is 14.8. The molecular formula is C18H29NO. The second kappa shape index (κ2) is 6.17. The maximum absolute atomic E-state index is 10.2. The number of phenols is 1. The average Bonchev–Trinajstić information content (AvgIpc) is 2.37. The van der Waals surface area contributed by atoms with Crippen LogP contribution < -0.4 is 0 Å². The molecule has 2 nitrogen and oxygen atoms in total. The molecule has 0 aliphatic heterocycles. The predicted octanol–water partition coefficient (Wildman–Crippen LogP) is 4.01. The van der Waals surface area contributed by atoms with Crippen LogP contribution in [-0.2, 0) is 12.8 Å². The van der Waals surface area contributed by atoms with E-state index in [1.807, 2.05) is 12.1 Å². The maximum Gasteiger partial charge on any atom is 0.119 e. The molecule has 1 aromatic rings. The Morgan fingerprint density at radius 1 is 1.20 bits per heavy atom. The summed E-state index contributed by atoms with van der Waals surface area (Å²) in [6.07, 6.45) is 4.43. The summed E-state index contributed by atoms with van der Waals surface area (Å²) in [5.41, 5.74) is 2.78. The van der Waals surface area contributed by atoms with E-state index in [1.165, 1.54) is 24.0 Å². The molecule has 0 aromatic heterocycles. The van der Waals surface area contributed by atoms with Crippen molar-refractivity contribution in [1.29, 1.82) is 0 Å². The summed E-state index contributed by atoms with van der Waals surface area (Å²) in [5.74, 6) is 0.482. The molecule has 1 aliphatic carbocycles. The van der Waals surface area contributed by atoms with Crippen LogP contribution in [0.25, 0.3) is 0 Å². The summed E-state index contributed by atoms with van der Waals surface area (Å²) in [6.45, 7) is 11.6. The smallest absolute Gasteiger partial charge is 0.119 e. The molecule has 1 atom stereocenters. The molecule has 0 saturated heterocycles. The second-order valence-electron chi connectivity index (χ2n) is 6.84. The molecule has 0 radical (unpaired) electrons. The Kier molecular flexibility index (Phi) is 4.74. The summed E-state index contributed by atoms with van der Waals surface area (Å²) in [6, 6.07) is 6.51. The molecule has 20 heavy (non-hydrogen) atoms. The highest BCUT2D eigenvalue weighted by molar-refractivity contribution is 5.42.